The lowest BCUT2D eigenvalue weighted by molar-refractivity contribution is -0.114. The average Bonchev–Trinajstić information content (AvgIpc) is 2.50. The van der Waals surface area contributed by atoms with E-state index in [4.69, 9.17) is 0 Å². The number of benzene rings is 2. The van der Waals surface area contributed by atoms with Crippen LogP contribution in [0.25, 0.3) is 0 Å². The number of hydrogen-bond acceptors (Lipinski definition) is 3. The summed E-state index contributed by atoms with van der Waals surface area (Å²) in [4.78, 5) is 24.1. The van der Waals surface area contributed by atoms with Gasteiger partial charge >= 0.3 is 0 Å². The molecule has 23 heavy (non-hydrogen) atoms. The van der Waals surface area contributed by atoms with Gasteiger partial charge in [-0.05, 0) is 49.2 Å². The molecule has 0 aliphatic rings. The Labute approximate surface area is 140 Å². The van der Waals surface area contributed by atoms with E-state index in [2.05, 4.69) is 10.6 Å². The third-order valence-electron chi connectivity index (χ3n) is 3.40. The van der Waals surface area contributed by atoms with Crippen molar-refractivity contribution >= 4 is 35.0 Å². The van der Waals surface area contributed by atoms with E-state index in [0.29, 0.717) is 5.75 Å². The van der Waals surface area contributed by atoms with Gasteiger partial charge in [-0.2, -0.15) is 0 Å². The molecular formula is C18H20N2O2S. The van der Waals surface area contributed by atoms with Crippen LogP contribution in [0, 0.1) is 13.8 Å². The van der Waals surface area contributed by atoms with E-state index < -0.39 is 0 Å². The first-order valence-electron chi connectivity index (χ1n) is 7.32. The number of carbonyl (C=O) groups is 2. The van der Waals surface area contributed by atoms with Gasteiger partial charge in [0.2, 0.25) is 11.8 Å². The maximum atomic E-state index is 12.1. The van der Waals surface area contributed by atoms with Crippen molar-refractivity contribution in [3.05, 3.63) is 53.6 Å². The van der Waals surface area contributed by atoms with Crippen molar-refractivity contribution in [1.29, 1.82) is 0 Å². The molecule has 0 radical (unpaired) electrons. The summed E-state index contributed by atoms with van der Waals surface area (Å²) in [5, 5.41) is 5.67. The summed E-state index contributed by atoms with van der Waals surface area (Å²) in [6.45, 7) is 5.49. The molecule has 2 N–H and O–H groups in total. The van der Waals surface area contributed by atoms with Gasteiger partial charge in [0, 0.05) is 23.2 Å². The van der Waals surface area contributed by atoms with Crippen molar-refractivity contribution in [3.8, 4) is 0 Å². The highest BCUT2D eigenvalue weighted by Crippen LogP contribution is 2.23. The molecule has 0 aromatic heterocycles. The highest BCUT2D eigenvalue weighted by molar-refractivity contribution is 8.00. The predicted octanol–water partition coefficient (Wildman–Crippen LogP) is 3.99. The molecule has 120 valence electrons. The molecule has 0 aliphatic carbocycles. The topological polar surface area (TPSA) is 58.2 Å². The molecular weight excluding hydrogens is 308 g/mol. The highest BCUT2D eigenvalue weighted by Gasteiger charge is 2.07. The fourth-order valence-corrected chi connectivity index (χ4v) is 2.84. The summed E-state index contributed by atoms with van der Waals surface area (Å²) in [7, 11) is 0. The number of carbonyl (C=O) groups excluding carboxylic acids is 2. The molecule has 2 amide bonds. The van der Waals surface area contributed by atoms with Crippen LogP contribution in [-0.4, -0.2) is 17.6 Å². The zero-order chi connectivity index (χ0) is 16.8. The van der Waals surface area contributed by atoms with Crippen LogP contribution in [-0.2, 0) is 9.59 Å². The Hall–Kier alpha value is -2.27. The lowest BCUT2D eigenvalue weighted by Gasteiger charge is -2.10. The summed E-state index contributed by atoms with van der Waals surface area (Å²) in [5.41, 5.74) is 3.82. The van der Waals surface area contributed by atoms with Crippen LogP contribution in [0.2, 0.25) is 0 Å². The molecule has 2 aromatic rings. The normalized spacial score (nSPS) is 10.2. The van der Waals surface area contributed by atoms with Crippen LogP contribution >= 0.6 is 11.8 Å². The van der Waals surface area contributed by atoms with Gasteiger partial charge in [-0.3, -0.25) is 9.59 Å². The summed E-state index contributed by atoms with van der Waals surface area (Å²) >= 11 is 1.44. The standard InChI is InChI=1S/C18H20N2O2S/c1-12-6-4-9-17(13(12)2)20-18(22)11-23-16-8-5-7-15(10-16)19-14(3)21/h4-10H,11H2,1-3H3,(H,19,21)(H,20,22). The zero-order valence-electron chi connectivity index (χ0n) is 13.5. The van der Waals surface area contributed by atoms with Crippen LogP contribution in [0.5, 0.6) is 0 Å². The molecule has 2 aromatic carbocycles. The van der Waals surface area contributed by atoms with Gasteiger partial charge in [-0.15, -0.1) is 11.8 Å². The Balaban J connectivity index is 1.94. The second-order valence-electron chi connectivity index (χ2n) is 5.29. The molecule has 0 spiro atoms. The van der Waals surface area contributed by atoms with Gasteiger partial charge < -0.3 is 10.6 Å². The lowest BCUT2D eigenvalue weighted by Crippen LogP contribution is -2.15. The van der Waals surface area contributed by atoms with Crippen molar-refractivity contribution in [2.24, 2.45) is 0 Å². The van der Waals surface area contributed by atoms with E-state index in [1.807, 2.05) is 56.3 Å². The predicted molar refractivity (Wildman–Crippen MR) is 96.0 cm³/mol. The van der Waals surface area contributed by atoms with Crippen LogP contribution in [0.15, 0.2) is 47.4 Å². The smallest absolute Gasteiger partial charge is 0.234 e. The quantitative estimate of drug-likeness (QED) is 0.816. The first kappa shape index (κ1) is 17.1. The third-order valence-corrected chi connectivity index (χ3v) is 4.40. The number of rotatable bonds is 5. The minimum Gasteiger partial charge on any atom is -0.326 e. The molecule has 2 rings (SSSR count). The fraction of sp³-hybridized carbons (Fsp3) is 0.222. The molecule has 0 atom stereocenters. The number of hydrogen-bond donors (Lipinski definition) is 2. The van der Waals surface area contributed by atoms with E-state index in [0.717, 1.165) is 27.4 Å². The monoisotopic (exact) mass is 328 g/mol. The maximum Gasteiger partial charge on any atom is 0.234 e. The second kappa shape index (κ2) is 7.83. The maximum absolute atomic E-state index is 12.1. The SMILES string of the molecule is CC(=O)Nc1cccc(SCC(=O)Nc2cccc(C)c2C)c1. The van der Waals surface area contributed by atoms with Gasteiger partial charge in [0.1, 0.15) is 0 Å². The first-order valence-corrected chi connectivity index (χ1v) is 8.31. The van der Waals surface area contributed by atoms with Crippen molar-refractivity contribution in [1.82, 2.24) is 0 Å². The Morgan fingerprint density at radius 3 is 2.52 bits per heavy atom. The number of nitrogens with one attached hydrogen (secondary N) is 2. The molecule has 0 saturated heterocycles. The van der Waals surface area contributed by atoms with Crippen molar-refractivity contribution in [2.45, 2.75) is 25.7 Å². The van der Waals surface area contributed by atoms with E-state index >= 15 is 0 Å². The van der Waals surface area contributed by atoms with Gasteiger partial charge in [0.05, 0.1) is 5.75 Å². The van der Waals surface area contributed by atoms with E-state index in [9.17, 15) is 9.59 Å². The Kier molecular flexibility index (Phi) is 5.82. The van der Waals surface area contributed by atoms with E-state index in [1.54, 1.807) is 0 Å². The van der Waals surface area contributed by atoms with Gasteiger partial charge in [0.15, 0.2) is 0 Å². The minimum absolute atomic E-state index is 0.0476. The highest BCUT2D eigenvalue weighted by atomic mass is 32.2. The van der Waals surface area contributed by atoms with E-state index in [-0.39, 0.29) is 11.8 Å². The Morgan fingerprint density at radius 2 is 1.78 bits per heavy atom. The summed E-state index contributed by atoms with van der Waals surface area (Å²) in [6, 6.07) is 13.3. The van der Waals surface area contributed by atoms with Crippen LogP contribution in [0.4, 0.5) is 11.4 Å². The number of aryl methyl sites for hydroxylation is 1. The Morgan fingerprint density at radius 1 is 1.04 bits per heavy atom. The zero-order valence-corrected chi connectivity index (χ0v) is 14.3. The molecule has 0 heterocycles. The van der Waals surface area contributed by atoms with Gasteiger partial charge in [-0.1, -0.05) is 18.2 Å². The van der Waals surface area contributed by atoms with Crippen molar-refractivity contribution < 1.29 is 9.59 Å². The summed E-state index contributed by atoms with van der Waals surface area (Å²) in [6.07, 6.45) is 0. The summed E-state index contributed by atoms with van der Waals surface area (Å²) < 4.78 is 0. The second-order valence-corrected chi connectivity index (χ2v) is 6.34. The molecule has 0 unspecified atom stereocenters. The minimum atomic E-state index is -0.111. The first-order chi connectivity index (χ1) is 11.0. The number of amides is 2. The van der Waals surface area contributed by atoms with Crippen LogP contribution in [0.3, 0.4) is 0 Å². The fourth-order valence-electron chi connectivity index (χ4n) is 2.09. The molecule has 5 heteroatoms. The van der Waals surface area contributed by atoms with Crippen LogP contribution < -0.4 is 10.6 Å². The third kappa shape index (κ3) is 5.14. The molecule has 0 fully saturated rings. The van der Waals surface area contributed by atoms with Crippen molar-refractivity contribution in [3.63, 3.8) is 0 Å². The average molecular weight is 328 g/mol. The summed E-state index contributed by atoms with van der Waals surface area (Å²) in [5.74, 6) is 0.158. The lowest BCUT2D eigenvalue weighted by atomic mass is 10.1. The van der Waals surface area contributed by atoms with Crippen molar-refractivity contribution in [2.75, 3.05) is 16.4 Å². The molecule has 4 nitrogen and oxygen atoms in total. The van der Waals surface area contributed by atoms with Gasteiger partial charge in [-0.25, -0.2) is 0 Å². The molecule has 0 bridgehead atoms. The number of anilines is 2. The van der Waals surface area contributed by atoms with E-state index in [1.165, 1.54) is 18.7 Å². The number of thioether (sulfide) groups is 1. The Bertz CT molecular complexity index is 729. The molecule has 0 aliphatic heterocycles. The largest absolute Gasteiger partial charge is 0.326 e. The van der Waals surface area contributed by atoms with Crippen LogP contribution in [0.1, 0.15) is 18.1 Å². The van der Waals surface area contributed by atoms with Gasteiger partial charge in [0.25, 0.3) is 0 Å². The molecule has 0 saturated carbocycles.